The maximum Gasteiger partial charge on any atom is 0.0330 e. The van der Waals surface area contributed by atoms with E-state index in [4.69, 9.17) is 0 Å². The van der Waals surface area contributed by atoms with Gasteiger partial charge in [0.05, 0.1) is 0 Å². The number of hydrogen-bond donors (Lipinski definition) is 1. The monoisotopic (exact) mass is 253 g/mol. The normalized spacial score (nSPS) is 31.0. The van der Waals surface area contributed by atoms with Crippen LogP contribution in [0.25, 0.3) is 0 Å². The molecule has 0 spiro atoms. The van der Waals surface area contributed by atoms with Gasteiger partial charge in [0.25, 0.3) is 0 Å². The molecular weight excluding hydrogens is 222 g/mol. The molecule has 2 fully saturated rings. The molecule has 0 bridgehead atoms. The molecule has 3 heteroatoms. The molecule has 106 valence electrons. The third-order valence-electron chi connectivity index (χ3n) is 5.48. The van der Waals surface area contributed by atoms with Gasteiger partial charge in [-0.25, -0.2) is 0 Å². The van der Waals surface area contributed by atoms with E-state index in [1.807, 2.05) is 0 Å². The predicted molar refractivity (Wildman–Crippen MR) is 78.0 cm³/mol. The highest BCUT2D eigenvalue weighted by atomic mass is 15.2. The highest BCUT2D eigenvalue weighted by Crippen LogP contribution is 2.38. The van der Waals surface area contributed by atoms with Crippen LogP contribution in [0.3, 0.4) is 0 Å². The van der Waals surface area contributed by atoms with Gasteiger partial charge < -0.3 is 15.1 Å². The first-order chi connectivity index (χ1) is 8.52. The average Bonchev–Trinajstić information content (AvgIpc) is 2.72. The van der Waals surface area contributed by atoms with Crippen molar-refractivity contribution in [3.05, 3.63) is 0 Å². The fraction of sp³-hybridized carbons (Fsp3) is 1.00. The van der Waals surface area contributed by atoms with Crippen molar-refractivity contribution in [1.82, 2.24) is 15.1 Å². The Hall–Kier alpha value is -0.120. The highest BCUT2D eigenvalue weighted by Gasteiger charge is 2.41. The molecule has 1 heterocycles. The Labute approximate surface area is 113 Å². The van der Waals surface area contributed by atoms with E-state index in [2.05, 4.69) is 43.2 Å². The van der Waals surface area contributed by atoms with Crippen LogP contribution in [-0.2, 0) is 0 Å². The van der Waals surface area contributed by atoms with E-state index in [0.29, 0.717) is 11.0 Å². The predicted octanol–water partition coefficient (Wildman–Crippen LogP) is 1.79. The molecule has 3 nitrogen and oxygen atoms in total. The molecule has 1 aliphatic carbocycles. The summed E-state index contributed by atoms with van der Waals surface area (Å²) in [7, 11) is 6.82. The minimum atomic E-state index is 0.468. The standard InChI is InChI=1S/C15H31N3/c1-5-14(9-10-16-11-14)12-18(4)13-15(17(2)3)7-6-8-15/h16H,5-13H2,1-4H3. The van der Waals surface area contributed by atoms with Crippen LogP contribution >= 0.6 is 0 Å². The molecule has 0 aromatic rings. The second-order valence-corrected chi connectivity index (χ2v) is 6.92. The van der Waals surface area contributed by atoms with Gasteiger partial charge >= 0.3 is 0 Å². The zero-order valence-corrected chi connectivity index (χ0v) is 12.8. The van der Waals surface area contributed by atoms with Gasteiger partial charge in [0.1, 0.15) is 0 Å². The van der Waals surface area contributed by atoms with Crippen LogP contribution in [0.4, 0.5) is 0 Å². The van der Waals surface area contributed by atoms with E-state index in [1.54, 1.807) is 0 Å². The number of likely N-dealkylation sites (N-methyl/N-ethyl adjacent to an activating group) is 2. The van der Waals surface area contributed by atoms with Crippen LogP contribution in [0.1, 0.15) is 39.0 Å². The average molecular weight is 253 g/mol. The van der Waals surface area contributed by atoms with Crippen LogP contribution in [0.5, 0.6) is 0 Å². The van der Waals surface area contributed by atoms with Crippen molar-refractivity contribution in [2.75, 3.05) is 47.3 Å². The Morgan fingerprint density at radius 3 is 2.17 bits per heavy atom. The maximum atomic E-state index is 3.55. The third kappa shape index (κ3) is 2.73. The van der Waals surface area contributed by atoms with Crippen LogP contribution in [0.2, 0.25) is 0 Å². The quantitative estimate of drug-likeness (QED) is 0.778. The summed E-state index contributed by atoms with van der Waals surface area (Å²) in [5.41, 5.74) is 1.00. The van der Waals surface area contributed by atoms with Crippen molar-refractivity contribution < 1.29 is 0 Å². The molecular formula is C15H31N3. The van der Waals surface area contributed by atoms with E-state index >= 15 is 0 Å². The van der Waals surface area contributed by atoms with Gasteiger partial charge in [-0.3, -0.25) is 0 Å². The fourth-order valence-corrected chi connectivity index (χ4v) is 3.81. The maximum absolute atomic E-state index is 3.55. The molecule has 1 unspecified atom stereocenters. The second kappa shape index (κ2) is 5.48. The molecule has 1 aliphatic heterocycles. The molecule has 2 rings (SSSR count). The first-order valence-electron chi connectivity index (χ1n) is 7.59. The number of rotatable bonds is 6. The van der Waals surface area contributed by atoms with Gasteiger partial charge in [0.2, 0.25) is 0 Å². The van der Waals surface area contributed by atoms with Crippen molar-refractivity contribution in [3.8, 4) is 0 Å². The lowest BCUT2D eigenvalue weighted by Crippen LogP contribution is -2.57. The SMILES string of the molecule is CCC1(CN(C)CC2(N(C)C)CCC2)CCNC1. The lowest BCUT2D eigenvalue weighted by molar-refractivity contribution is 0.0169. The lowest BCUT2D eigenvalue weighted by atomic mass is 9.75. The van der Waals surface area contributed by atoms with Crippen LogP contribution in [0, 0.1) is 5.41 Å². The van der Waals surface area contributed by atoms with Gasteiger partial charge in [-0.2, -0.15) is 0 Å². The molecule has 0 radical (unpaired) electrons. The second-order valence-electron chi connectivity index (χ2n) is 6.92. The number of nitrogens with zero attached hydrogens (tertiary/aromatic N) is 2. The molecule has 1 saturated heterocycles. The lowest BCUT2D eigenvalue weighted by Gasteiger charge is -2.50. The smallest absolute Gasteiger partial charge is 0.0330 e. The van der Waals surface area contributed by atoms with Crippen molar-refractivity contribution >= 4 is 0 Å². The molecule has 0 aromatic heterocycles. The molecule has 2 aliphatic rings. The van der Waals surface area contributed by atoms with Crippen LogP contribution in [-0.4, -0.2) is 62.7 Å². The molecule has 1 saturated carbocycles. The fourth-order valence-electron chi connectivity index (χ4n) is 3.81. The minimum Gasteiger partial charge on any atom is -0.316 e. The van der Waals surface area contributed by atoms with E-state index < -0.39 is 0 Å². The molecule has 18 heavy (non-hydrogen) atoms. The van der Waals surface area contributed by atoms with E-state index in [0.717, 1.165) is 0 Å². The van der Waals surface area contributed by atoms with Crippen molar-refractivity contribution in [2.24, 2.45) is 5.41 Å². The first kappa shape index (κ1) is 14.3. The van der Waals surface area contributed by atoms with Gasteiger partial charge in [-0.1, -0.05) is 6.92 Å². The first-order valence-corrected chi connectivity index (χ1v) is 7.59. The van der Waals surface area contributed by atoms with Crippen molar-refractivity contribution in [3.63, 3.8) is 0 Å². The number of nitrogens with one attached hydrogen (secondary N) is 1. The topological polar surface area (TPSA) is 18.5 Å². The molecule has 1 N–H and O–H groups in total. The molecule has 0 aromatic carbocycles. The zero-order valence-electron chi connectivity index (χ0n) is 12.8. The third-order valence-corrected chi connectivity index (χ3v) is 5.48. The summed E-state index contributed by atoms with van der Waals surface area (Å²) in [4.78, 5) is 5.05. The summed E-state index contributed by atoms with van der Waals surface area (Å²) in [6.07, 6.45) is 6.82. The Balaban J connectivity index is 1.89. The number of hydrogen-bond acceptors (Lipinski definition) is 3. The van der Waals surface area contributed by atoms with E-state index in [1.165, 1.54) is 58.3 Å². The Kier molecular flexibility index (Phi) is 4.35. The van der Waals surface area contributed by atoms with Crippen LogP contribution < -0.4 is 5.32 Å². The van der Waals surface area contributed by atoms with Crippen molar-refractivity contribution in [2.45, 2.75) is 44.6 Å². The summed E-state index contributed by atoms with van der Waals surface area (Å²) in [6.45, 7) is 7.27. The largest absolute Gasteiger partial charge is 0.316 e. The Morgan fingerprint density at radius 2 is 1.78 bits per heavy atom. The Morgan fingerprint density at radius 1 is 1.06 bits per heavy atom. The van der Waals surface area contributed by atoms with Gasteiger partial charge in [-0.05, 0) is 65.2 Å². The molecule has 1 atom stereocenters. The molecule has 0 amide bonds. The summed E-state index contributed by atoms with van der Waals surface area (Å²) in [5, 5.41) is 3.55. The summed E-state index contributed by atoms with van der Waals surface area (Å²) < 4.78 is 0. The van der Waals surface area contributed by atoms with E-state index in [9.17, 15) is 0 Å². The van der Waals surface area contributed by atoms with Crippen LogP contribution in [0.15, 0.2) is 0 Å². The summed E-state index contributed by atoms with van der Waals surface area (Å²) in [6, 6.07) is 0. The van der Waals surface area contributed by atoms with Gasteiger partial charge in [0, 0.05) is 25.2 Å². The summed E-state index contributed by atoms with van der Waals surface area (Å²) in [5.74, 6) is 0. The van der Waals surface area contributed by atoms with Gasteiger partial charge in [-0.15, -0.1) is 0 Å². The highest BCUT2D eigenvalue weighted by molar-refractivity contribution is 4.99. The van der Waals surface area contributed by atoms with Crippen molar-refractivity contribution in [1.29, 1.82) is 0 Å². The minimum absolute atomic E-state index is 0.468. The Bertz CT molecular complexity index is 258. The zero-order chi connectivity index (χ0) is 13.2. The van der Waals surface area contributed by atoms with E-state index in [-0.39, 0.29) is 0 Å². The van der Waals surface area contributed by atoms with Gasteiger partial charge in [0.15, 0.2) is 0 Å². The summed E-state index contributed by atoms with van der Waals surface area (Å²) >= 11 is 0.